The molecule has 5 nitrogen and oxygen atoms in total. The number of halogens is 1. The fourth-order valence-electron chi connectivity index (χ4n) is 4.21. The van der Waals surface area contributed by atoms with E-state index in [4.69, 9.17) is 0 Å². The van der Waals surface area contributed by atoms with E-state index in [9.17, 15) is 0 Å². The van der Waals surface area contributed by atoms with Crippen LogP contribution in [0, 0.1) is 0 Å². The highest BCUT2D eigenvalue weighted by atomic mass is 79.9. The first kappa shape index (κ1) is 21.7. The maximum absolute atomic E-state index is 4.42. The molecular formula is C27H28BrN5. The SMILES string of the molecule is CN1CCCN(c2ccc(/C=C/c3cc(/C=C/c4ccc5cc[nH]c5c4)n[nH]3)c(Br)c2)CC1. The summed E-state index contributed by atoms with van der Waals surface area (Å²) >= 11 is 3.76. The lowest BCUT2D eigenvalue weighted by molar-refractivity contribution is 0.360. The van der Waals surface area contributed by atoms with Gasteiger partial charge in [0.15, 0.2) is 0 Å². The third-order valence-corrected chi connectivity index (χ3v) is 6.84. The predicted molar refractivity (Wildman–Crippen MR) is 143 cm³/mol. The molecule has 0 bridgehead atoms. The van der Waals surface area contributed by atoms with Crippen molar-refractivity contribution in [2.24, 2.45) is 0 Å². The Morgan fingerprint density at radius 3 is 2.76 bits per heavy atom. The molecule has 2 aromatic carbocycles. The van der Waals surface area contributed by atoms with E-state index in [0.29, 0.717) is 0 Å². The van der Waals surface area contributed by atoms with E-state index in [2.05, 4.69) is 115 Å². The van der Waals surface area contributed by atoms with Gasteiger partial charge in [-0.25, -0.2) is 0 Å². The summed E-state index contributed by atoms with van der Waals surface area (Å²) in [5.74, 6) is 0. The number of benzene rings is 2. The highest BCUT2D eigenvalue weighted by molar-refractivity contribution is 9.10. The molecule has 33 heavy (non-hydrogen) atoms. The highest BCUT2D eigenvalue weighted by Crippen LogP contribution is 2.26. The Hall–Kier alpha value is -3.09. The topological polar surface area (TPSA) is 50.9 Å². The summed E-state index contributed by atoms with van der Waals surface area (Å²) in [5.41, 5.74) is 6.59. The summed E-state index contributed by atoms with van der Waals surface area (Å²) in [6, 6.07) is 17.1. The highest BCUT2D eigenvalue weighted by Gasteiger charge is 2.13. The third kappa shape index (κ3) is 5.29. The minimum Gasteiger partial charge on any atom is -0.370 e. The van der Waals surface area contributed by atoms with Crippen molar-refractivity contribution in [1.82, 2.24) is 20.1 Å². The molecular weight excluding hydrogens is 474 g/mol. The number of aromatic amines is 2. The van der Waals surface area contributed by atoms with Crippen LogP contribution in [0.4, 0.5) is 5.69 Å². The normalized spacial score (nSPS) is 15.8. The first-order chi connectivity index (χ1) is 16.1. The lowest BCUT2D eigenvalue weighted by Gasteiger charge is -2.23. The molecule has 2 aromatic heterocycles. The van der Waals surface area contributed by atoms with Crippen LogP contribution in [-0.2, 0) is 0 Å². The van der Waals surface area contributed by atoms with Crippen LogP contribution in [0.2, 0.25) is 0 Å². The van der Waals surface area contributed by atoms with Crippen molar-refractivity contribution in [2.75, 3.05) is 38.1 Å². The van der Waals surface area contributed by atoms with Gasteiger partial charge in [0.25, 0.3) is 0 Å². The molecule has 0 aliphatic carbocycles. The molecule has 3 heterocycles. The molecule has 1 aliphatic rings. The molecule has 0 atom stereocenters. The molecule has 0 unspecified atom stereocenters. The number of H-pyrrole nitrogens is 2. The van der Waals surface area contributed by atoms with Crippen molar-refractivity contribution in [3.8, 4) is 0 Å². The van der Waals surface area contributed by atoms with Crippen molar-refractivity contribution in [3.05, 3.63) is 81.7 Å². The number of rotatable bonds is 5. The van der Waals surface area contributed by atoms with Crippen LogP contribution < -0.4 is 4.90 Å². The van der Waals surface area contributed by atoms with Crippen molar-refractivity contribution in [2.45, 2.75) is 6.42 Å². The summed E-state index contributed by atoms with van der Waals surface area (Å²) in [6.45, 7) is 4.45. The van der Waals surface area contributed by atoms with E-state index in [1.54, 1.807) is 0 Å². The van der Waals surface area contributed by atoms with Gasteiger partial charge in [0.2, 0.25) is 0 Å². The summed E-state index contributed by atoms with van der Waals surface area (Å²) in [7, 11) is 2.20. The average Bonchev–Trinajstić information content (AvgIpc) is 3.42. The van der Waals surface area contributed by atoms with Crippen LogP contribution >= 0.6 is 15.9 Å². The number of hydrogen-bond donors (Lipinski definition) is 2. The fourth-order valence-corrected chi connectivity index (χ4v) is 4.71. The largest absolute Gasteiger partial charge is 0.370 e. The minimum absolute atomic E-state index is 0.904. The molecule has 168 valence electrons. The third-order valence-electron chi connectivity index (χ3n) is 6.15. The van der Waals surface area contributed by atoms with Crippen molar-refractivity contribution >= 4 is 56.8 Å². The second-order valence-corrected chi connectivity index (χ2v) is 9.44. The zero-order valence-electron chi connectivity index (χ0n) is 18.8. The van der Waals surface area contributed by atoms with E-state index >= 15 is 0 Å². The number of hydrogen-bond acceptors (Lipinski definition) is 3. The molecule has 1 saturated heterocycles. The predicted octanol–water partition coefficient (Wildman–Crippen LogP) is 6.14. The number of fused-ring (bicyclic) bond motifs is 1. The molecule has 0 amide bonds. The van der Waals surface area contributed by atoms with Gasteiger partial charge in [-0.05, 0) is 79.0 Å². The summed E-state index contributed by atoms with van der Waals surface area (Å²) < 4.78 is 1.10. The second-order valence-electron chi connectivity index (χ2n) is 8.59. The van der Waals surface area contributed by atoms with Gasteiger partial charge in [-0.3, -0.25) is 5.10 Å². The van der Waals surface area contributed by atoms with Gasteiger partial charge in [-0.2, -0.15) is 5.10 Å². The lowest BCUT2D eigenvalue weighted by atomic mass is 10.1. The number of nitrogens with zero attached hydrogens (tertiary/aromatic N) is 3. The summed E-state index contributed by atoms with van der Waals surface area (Å²) in [6.07, 6.45) is 11.5. The van der Waals surface area contributed by atoms with E-state index in [1.165, 1.54) is 24.0 Å². The van der Waals surface area contributed by atoms with Gasteiger partial charge in [0, 0.05) is 41.5 Å². The van der Waals surface area contributed by atoms with Gasteiger partial charge in [-0.1, -0.05) is 46.3 Å². The van der Waals surface area contributed by atoms with Crippen molar-refractivity contribution < 1.29 is 0 Å². The van der Waals surface area contributed by atoms with Crippen molar-refractivity contribution in [1.29, 1.82) is 0 Å². The maximum Gasteiger partial charge on any atom is 0.0854 e. The fraction of sp³-hybridized carbons (Fsp3) is 0.222. The van der Waals surface area contributed by atoms with E-state index in [1.807, 2.05) is 12.3 Å². The van der Waals surface area contributed by atoms with Gasteiger partial charge in [0.1, 0.15) is 0 Å². The van der Waals surface area contributed by atoms with Crippen LogP contribution in [0.1, 0.15) is 28.9 Å². The monoisotopic (exact) mass is 501 g/mol. The Kier molecular flexibility index (Phi) is 6.46. The number of anilines is 1. The van der Waals surface area contributed by atoms with E-state index in [-0.39, 0.29) is 0 Å². The van der Waals surface area contributed by atoms with Gasteiger partial charge in [-0.15, -0.1) is 0 Å². The summed E-state index contributed by atoms with van der Waals surface area (Å²) in [5, 5.41) is 8.74. The molecule has 0 saturated carbocycles. The Morgan fingerprint density at radius 1 is 0.909 bits per heavy atom. The Morgan fingerprint density at radius 2 is 1.85 bits per heavy atom. The molecule has 1 aliphatic heterocycles. The lowest BCUT2D eigenvalue weighted by Crippen LogP contribution is -2.28. The van der Waals surface area contributed by atoms with Crippen molar-refractivity contribution in [3.63, 3.8) is 0 Å². The standard InChI is InChI=1S/C27H28BrN5/c1-32-13-2-14-33(16-15-32)25-10-7-21(26(28)19-25)6-9-24-18-23(30-31-24)8-4-20-3-5-22-11-12-29-27(22)17-20/h3-12,17-19,29H,2,13-16H2,1H3,(H,30,31)/b8-4+,9-6+. The molecule has 1 fully saturated rings. The minimum atomic E-state index is 0.904. The Bertz CT molecular complexity index is 1300. The molecule has 2 N–H and O–H groups in total. The van der Waals surface area contributed by atoms with Crippen LogP contribution in [-0.4, -0.2) is 53.3 Å². The zero-order chi connectivity index (χ0) is 22.6. The zero-order valence-corrected chi connectivity index (χ0v) is 20.3. The number of aromatic nitrogens is 3. The first-order valence-corrected chi connectivity index (χ1v) is 12.2. The first-order valence-electron chi connectivity index (χ1n) is 11.4. The Balaban J connectivity index is 1.25. The molecule has 0 spiro atoms. The molecule has 5 rings (SSSR count). The quantitative estimate of drug-likeness (QED) is 0.345. The summed E-state index contributed by atoms with van der Waals surface area (Å²) in [4.78, 5) is 8.13. The van der Waals surface area contributed by atoms with Crippen LogP contribution in [0.5, 0.6) is 0 Å². The van der Waals surface area contributed by atoms with E-state index in [0.717, 1.165) is 52.1 Å². The van der Waals surface area contributed by atoms with Crippen LogP contribution in [0.3, 0.4) is 0 Å². The Labute approximate surface area is 202 Å². The van der Waals surface area contributed by atoms with Crippen LogP contribution in [0.15, 0.2) is 59.2 Å². The maximum atomic E-state index is 4.42. The van der Waals surface area contributed by atoms with Gasteiger partial charge < -0.3 is 14.8 Å². The molecule has 0 radical (unpaired) electrons. The van der Waals surface area contributed by atoms with Gasteiger partial charge in [0.05, 0.1) is 11.4 Å². The smallest absolute Gasteiger partial charge is 0.0854 e. The molecule has 4 aromatic rings. The number of nitrogens with one attached hydrogen (secondary N) is 2. The van der Waals surface area contributed by atoms with E-state index < -0.39 is 0 Å². The average molecular weight is 502 g/mol. The second kappa shape index (κ2) is 9.81. The van der Waals surface area contributed by atoms with Crippen LogP contribution in [0.25, 0.3) is 35.2 Å². The molecule has 6 heteroatoms. The number of likely N-dealkylation sites (N-methyl/N-ethyl adjacent to an activating group) is 1. The van der Waals surface area contributed by atoms with Gasteiger partial charge >= 0.3 is 0 Å².